The van der Waals surface area contributed by atoms with Gasteiger partial charge in [0, 0.05) is 37.9 Å². The minimum absolute atomic E-state index is 0.601. The largest absolute Gasteiger partial charge is 0.350 e. The standard InChI is InChI=1S/C17H17N5/c1-22(15-7-3-2-4-8-15)16-9-11-19-17(21-16)20-13-14-6-5-10-18-12-14/h2-12H,13H2,1H3,(H,19,20,21). The first-order valence-corrected chi connectivity index (χ1v) is 7.07. The van der Waals surface area contributed by atoms with Crippen molar-refractivity contribution < 1.29 is 0 Å². The van der Waals surface area contributed by atoms with Crippen molar-refractivity contribution in [2.24, 2.45) is 0 Å². The second kappa shape index (κ2) is 6.67. The van der Waals surface area contributed by atoms with Crippen molar-refractivity contribution in [2.45, 2.75) is 6.54 Å². The molecule has 5 heteroatoms. The fourth-order valence-corrected chi connectivity index (χ4v) is 2.09. The van der Waals surface area contributed by atoms with E-state index in [1.165, 1.54) is 0 Å². The van der Waals surface area contributed by atoms with Crippen molar-refractivity contribution in [3.05, 3.63) is 72.7 Å². The predicted molar refractivity (Wildman–Crippen MR) is 88.1 cm³/mol. The Morgan fingerprint density at radius 1 is 1.00 bits per heavy atom. The van der Waals surface area contributed by atoms with Gasteiger partial charge in [-0.05, 0) is 29.8 Å². The van der Waals surface area contributed by atoms with E-state index in [0.717, 1.165) is 17.1 Å². The third-order valence-electron chi connectivity index (χ3n) is 3.30. The molecule has 1 N–H and O–H groups in total. The van der Waals surface area contributed by atoms with Gasteiger partial charge < -0.3 is 10.2 Å². The smallest absolute Gasteiger partial charge is 0.224 e. The molecule has 0 saturated carbocycles. The van der Waals surface area contributed by atoms with Crippen LogP contribution in [0.4, 0.5) is 17.5 Å². The molecule has 0 aliphatic rings. The number of nitrogens with zero attached hydrogens (tertiary/aromatic N) is 4. The van der Waals surface area contributed by atoms with Crippen molar-refractivity contribution in [1.29, 1.82) is 0 Å². The molecule has 0 spiro atoms. The summed E-state index contributed by atoms with van der Waals surface area (Å²) in [5.74, 6) is 1.44. The highest BCUT2D eigenvalue weighted by Gasteiger charge is 2.06. The highest BCUT2D eigenvalue weighted by atomic mass is 15.2. The van der Waals surface area contributed by atoms with E-state index in [1.54, 1.807) is 12.4 Å². The van der Waals surface area contributed by atoms with Gasteiger partial charge in [0.05, 0.1) is 0 Å². The topological polar surface area (TPSA) is 53.9 Å². The Bertz CT molecular complexity index is 715. The summed E-state index contributed by atoms with van der Waals surface area (Å²) in [7, 11) is 1.99. The van der Waals surface area contributed by atoms with Crippen LogP contribution in [0.1, 0.15) is 5.56 Å². The zero-order valence-electron chi connectivity index (χ0n) is 12.3. The van der Waals surface area contributed by atoms with Gasteiger partial charge in [0.15, 0.2) is 0 Å². The zero-order valence-corrected chi connectivity index (χ0v) is 12.3. The molecular formula is C17H17N5. The lowest BCUT2D eigenvalue weighted by Gasteiger charge is -2.18. The maximum Gasteiger partial charge on any atom is 0.224 e. The minimum Gasteiger partial charge on any atom is -0.350 e. The van der Waals surface area contributed by atoms with Crippen molar-refractivity contribution >= 4 is 17.5 Å². The normalized spacial score (nSPS) is 10.2. The Hall–Kier alpha value is -2.95. The lowest BCUT2D eigenvalue weighted by molar-refractivity contribution is 1.02. The monoisotopic (exact) mass is 291 g/mol. The van der Waals surface area contributed by atoms with Crippen LogP contribution in [0.5, 0.6) is 0 Å². The quantitative estimate of drug-likeness (QED) is 0.782. The van der Waals surface area contributed by atoms with E-state index in [9.17, 15) is 0 Å². The van der Waals surface area contributed by atoms with E-state index in [0.29, 0.717) is 12.5 Å². The van der Waals surface area contributed by atoms with Crippen LogP contribution >= 0.6 is 0 Å². The first-order valence-electron chi connectivity index (χ1n) is 7.07. The van der Waals surface area contributed by atoms with Gasteiger partial charge in [-0.3, -0.25) is 4.98 Å². The van der Waals surface area contributed by atoms with Crippen molar-refractivity contribution in [2.75, 3.05) is 17.3 Å². The van der Waals surface area contributed by atoms with Gasteiger partial charge in [-0.25, -0.2) is 4.98 Å². The summed E-state index contributed by atoms with van der Waals surface area (Å²) in [6, 6.07) is 15.9. The number of aromatic nitrogens is 3. The predicted octanol–water partition coefficient (Wildman–Crippen LogP) is 3.25. The minimum atomic E-state index is 0.601. The van der Waals surface area contributed by atoms with Gasteiger partial charge in [0.2, 0.25) is 5.95 Å². The highest BCUT2D eigenvalue weighted by molar-refractivity contribution is 5.59. The third kappa shape index (κ3) is 3.38. The average Bonchev–Trinajstić information content (AvgIpc) is 2.61. The van der Waals surface area contributed by atoms with Crippen LogP contribution in [0, 0.1) is 0 Å². The number of pyridine rings is 1. The van der Waals surface area contributed by atoms with Crippen molar-refractivity contribution in [1.82, 2.24) is 15.0 Å². The maximum atomic E-state index is 4.55. The highest BCUT2D eigenvalue weighted by Crippen LogP contribution is 2.21. The molecule has 0 unspecified atom stereocenters. The fraction of sp³-hybridized carbons (Fsp3) is 0.118. The molecule has 0 radical (unpaired) electrons. The van der Waals surface area contributed by atoms with E-state index >= 15 is 0 Å². The van der Waals surface area contributed by atoms with E-state index < -0.39 is 0 Å². The lowest BCUT2D eigenvalue weighted by atomic mass is 10.3. The summed E-state index contributed by atoms with van der Waals surface area (Å²) in [4.78, 5) is 14.9. The number of para-hydroxylation sites is 1. The van der Waals surface area contributed by atoms with Crippen LogP contribution < -0.4 is 10.2 Å². The summed E-state index contributed by atoms with van der Waals surface area (Å²) >= 11 is 0. The van der Waals surface area contributed by atoms with Gasteiger partial charge in [-0.2, -0.15) is 4.98 Å². The van der Waals surface area contributed by atoms with Crippen molar-refractivity contribution in [3.8, 4) is 0 Å². The second-order valence-electron chi connectivity index (χ2n) is 4.85. The molecule has 0 amide bonds. The Labute approximate surface area is 129 Å². The van der Waals surface area contributed by atoms with E-state index in [4.69, 9.17) is 0 Å². The SMILES string of the molecule is CN(c1ccccc1)c1ccnc(NCc2cccnc2)n1. The molecule has 3 rings (SSSR count). The fourth-order valence-electron chi connectivity index (χ4n) is 2.09. The van der Waals surface area contributed by atoms with Crippen LogP contribution in [0.25, 0.3) is 0 Å². The summed E-state index contributed by atoms with van der Waals surface area (Å²) in [6.45, 7) is 0.645. The molecule has 3 aromatic rings. The molecule has 2 aromatic heterocycles. The number of benzene rings is 1. The number of hydrogen-bond donors (Lipinski definition) is 1. The number of hydrogen-bond acceptors (Lipinski definition) is 5. The number of rotatable bonds is 5. The second-order valence-corrected chi connectivity index (χ2v) is 4.85. The van der Waals surface area contributed by atoms with Gasteiger partial charge in [0.25, 0.3) is 0 Å². The van der Waals surface area contributed by atoms with Crippen LogP contribution in [-0.2, 0) is 6.54 Å². The third-order valence-corrected chi connectivity index (χ3v) is 3.30. The summed E-state index contributed by atoms with van der Waals surface area (Å²) in [6.07, 6.45) is 5.34. The molecule has 2 heterocycles. The average molecular weight is 291 g/mol. The van der Waals surface area contributed by atoms with Gasteiger partial charge >= 0.3 is 0 Å². The number of anilines is 3. The zero-order chi connectivity index (χ0) is 15.2. The van der Waals surface area contributed by atoms with E-state index in [2.05, 4.69) is 20.3 Å². The summed E-state index contributed by atoms with van der Waals surface area (Å²) in [5, 5.41) is 3.22. The van der Waals surface area contributed by atoms with Gasteiger partial charge in [-0.15, -0.1) is 0 Å². The first-order chi connectivity index (χ1) is 10.8. The van der Waals surface area contributed by atoms with Crippen molar-refractivity contribution in [3.63, 3.8) is 0 Å². The maximum absolute atomic E-state index is 4.55. The molecule has 22 heavy (non-hydrogen) atoms. The van der Waals surface area contributed by atoms with Crippen LogP contribution in [0.3, 0.4) is 0 Å². The Morgan fingerprint density at radius 3 is 2.64 bits per heavy atom. The molecule has 0 aliphatic heterocycles. The molecule has 110 valence electrons. The molecule has 0 fully saturated rings. The molecule has 0 atom stereocenters. The molecular weight excluding hydrogens is 274 g/mol. The van der Waals surface area contributed by atoms with Gasteiger partial charge in [-0.1, -0.05) is 24.3 Å². The van der Waals surface area contributed by atoms with Crippen LogP contribution in [-0.4, -0.2) is 22.0 Å². The lowest BCUT2D eigenvalue weighted by Crippen LogP contribution is -2.13. The Balaban J connectivity index is 1.72. The van der Waals surface area contributed by atoms with Crippen LogP contribution in [0.15, 0.2) is 67.1 Å². The van der Waals surface area contributed by atoms with E-state index in [-0.39, 0.29) is 0 Å². The van der Waals surface area contributed by atoms with E-state index in [1.807, 2.05) is 66.7 Å². The first kappa shape index (κ1) is 14.0. The molecule has 0 aliphatic carbocycles. The molecule has 0 bridgehead atoms. The molecule has 5 nitrogen and oxygen atoms in total. The summed E-state index contributed by atoms with van der Waals surface area (Å²) < 4.78 is 0. The van der Waals surface area contributed by atoms with Crippen LogP contribution in [0.2, 0.25) is 0 Å². The molecule has 1 aromatic carbocycles. The summed E-state index contributed by atoms with van der Waals surface area (Å²) in [5.41, 5.74) is 2.17. The Morgan fingerprint density at radius 2 is 1.86 bits per heavy atom. The number of nitrogens with one attached hydrogen (secondary N) is 1. The Kier molecular flexibility index (Phi) is 4.25. The molecule has 0 saturated heterocycles. The van der Waals surface area contributed by atoms with Gasteiger partial charge in [0.1, 0.15) is 5.82 Å².